The van der Waals surface area contributed by atoms with E-state index >= 15 is 0 Å². The molecular weight excluding hydrogens is 406 g/mol. The predicted octanol–water partition coefficient (Wildman–Crippen LogP) is 1.27. The van der Waals surface area contributed by atoms with E-state index in [1.165, 1.54) is 34.5 Å². The van der Waals surface area contributed by atoms with Crippen molar-refractivity contribution in [1.29, 1.82) is 0 Å². The average molecular weight is 440 g/mol. The van der Waals surface area contributed by atoms with Crippen molar-refractivity contribution in [3.8, 4) is 0 Å². The van der Waals surface area contributed by atoms with Gasteiger partial charge in [-0.3, -0.25) is 18.7 Å². The molecule has 1 aromatic carbocycles. The Hall–Kier alpha value is -3.03. The van der Waals surface area contributed by atoms with Gasteiger partial charge in [0.15, 0.2) is 0 Å². The fourth-order valence-corrected chi connectivity index (χ4v) is 4.92. The van der Waals surface area contributed by atoms with Crippen LogP contribution >= 0.6 is 0 Å². The Morgan fingerprint density at radius 2 is 1.66 bits per heavy atom. The number of amides is 1. The number of nitrogens with zero attached hydrogens (tertiary/aromatic N) is 5. The quantitative estimate of drug-likeness (QED) is 0.720. The maximum absolute atomic E-state index is 13.3. The van der Waals surface area contributed by atoms with Gasteiger partial charge in [0.1, 0.15) is 5.82 Å². The average Bonchev–Trinajstić information content (AvgIpc) is 2.81. The van der Waals surface area contributed by atoms with Gasteiger partial charge in [-0.1, -0.05) is 12.1 Å². The fourth-order valence-electron chi connectivity index (χ4n) is 4.92. The number of anilines is 2. The van der Waals surface area contributed by atoms with Gasteiger partial charge < -0.3 is 14.7 Å². The van der Waals surface area contributed by atoms with Crippen LogP contribution in [0.4, 0.5) is 11.5 Å². The summed E-state index contributed by atoms with van der Waals surface area (Å²) in [4.78, 5) is 44.2. The number of rotatable bonds is 3. The van der Waals surface area contributed by atoms with E-state index in [4.69, 9.17) is 0 Å². The first-order valence-corrected chi connectivity index (χ1v) is 11.4. The molecule has 1 amide bonds. The van der Waals surface area contributed by atoms with E-state index in [1.807, 2.05) is 9.80 Å². The smallest absolute Gasteiger partial charge is 0.332 e. The van der Waals surface area contributed by atoms with E-state index < -0.39 is 0 Å². The van der Waals surface area contributed by atoms with E-state index in [0.29, 0.717) is 25.5 Å². The number of carbonyl (C=O) groups is 1. The Labute approximate surface area is 188 Å². The van der Waals surface area contributed by atoms with Crippen molar-refractivity contribution in [2.75, 3.05) is 49.1 Å². The monoisotopic (exact) mass is 439 g/mol. The number of piperidine rings is 1. The molecule has 2 aliphatic rings. The van der Waals surface area contributed by atoms with Gasteiger partial charge in [-0.2, -0.15) is 0 Å². The topological polar surface area (TPSA) is 70.8 Å². The molecular formula is C24H33N5O3. The van der Waals surface area contributed by atoms with Gasteiger partial charge in [-0.05, 0) is 43.9 Å². The summed E-state index contributed by atoms with van der Waals surface area (Å²) in [7, 11) is 3.16. The van der Waals surface area contributed by atoms with Crippen molar-refractivity contribution in [3.63, 3.8) is 0 Å². The zero-order valence-corrected chi connectivity index (χ0v) is 19.5. The summed E-state index contributed by atoms with van der Waals surface area (Å²) in [5.41, 5.74) is 3.18. The van der Waals surface area contributed by atoms with E-state index in [2.05, 4.69) is 36.9 Å². The third kappa shape index (κ3) is 4.06. The molecule has 1 atom stereocenters. The molecule has 0 N–H and O–H groups in total. The maximum Gasteiger partial charge on any atom is 0.332 e. The highest BCUT2D eigenvalue weighted by Crippen LogP contribution is 2.26. The number of aryl methyl sites for hydroxylation is 1. The SMILES string of the molecule is Cc1cccc(N2CCN(C(=O)C3CCCN(c4cc(=O)n(C)c(=O)n4C)C3)CC2)c1C. The van der Waals surface area contributed by atoms with Crippen LogP contribution in [0.5, 0.6) is 0 Å². The minimum absolute atomic E-state index is 0.116. The zero-order chi connectivity index (χ0) is 23.0. The maximum atomic E-state index is 13.3. The van der Waals surface area contributed by atoms with Crippen LogP contribution in [0.25, 0.3) is 0 Å². The Balaban J connectivity index is 1.43. The molecule has 4 rings (SSSR count). The van der Waals surface area contributed by atoms with Gasteiger partial charge >= 0.3 is 5.69 Å². The Bertz CT molecular complexity index is 1130. The molecule has 1 aromatic heterocycles. The molecule has 3 heterocycles. The molecule has 0 aliphatic carbocycles. The third-order valence-corrected chi connectivity index (χ3v) is 7.10. The summed E-state index contributed by atoms with van der Waals surface area (Å²) in [6.07, 6.45) is 1.70. The van der Waals surface area contributed by atoms with Crippen molar-refractivity contribution in [2.24, 2.45) is 20.0 Å². The lowest BCUT2D eigenvalue weighted by Gasteiger charge is -2.40. The van der Waals surface area contributed by atoms with Crippen LogP contribution in [0, 0.1) is 19.8 Å². The summed E-state index contributed by atoms with van der Waals surface area (Å²) in [6.45, 7) is 8.65. The van der Waals surface area contributed by atoms with Gasteiger partial charge in [-0.15, -0.1) is 0 Å². The highest BCUT2D eigenvalue weighted by atomic mass is 16.2. The van der Waals surface area contributed by atoms with E-state index in [-0.39, 0.29) is 23.1 Å². The lowest BCUT2D eigenvalue weighted by molar-refractivity contribution is -0.136. The van der Waals surface area contributed by atoms with E-state index in [0.717, 1.165) is 37.0 Å². The Morgan fingerprint density at radius 1 is 0.938 bits per heavy atom. The Kier molecular flexibility index (Phi) is 6.13. The van der Waals surface area contributed by atoms with Crippen LogP contribution in [0.2, 0.25) is 0 Å². The normalized spacial score (nSPS) is 19.4. The van der Waals surface area contributed by atoms with Gasteiger partial charge in [0.25, 0.3) is 5.56 Å². The standard InChI is InChI=1S/C24H33N5O3/c1-17-7-5-9-20(18(17)2)27-11-13-28(14-12-27)23(31)19-8-6-10-29(16-19)21-15-22(30)26(4)24(32)25(21)3/h5,7,9,15,19H,6,8,10-14,16H2,1-4H3. The van der Waals surface area contributed by atoms with Crippen LogP contribution < -0.4 is 21.0 Å². The molecule has 2 saturated heterocycles. The van der Waals surface area contributed by atoms with Crippen LogP contribution in [0.3, 0.4) is 0 Å². The Morgan fingerprint density at radius 3 is 2.38 bits per heavy atom. The molecule has 0 spiro atoms. The predicted molar refractivity (Wildman–Crippen MR) is 127 cm³/mol. The lowest BCUT2D eigenvalue weighted by atomic mass is 9.96. The van der Waals surface area contributed by atoms with Gasteiger partial charge in [0.05, 0.1) is 5.92 Å². The minimum atomic E-state index is -0.344. The van der Waals surface area contributed by atoms with Crippen molar-refractivity contribution >= 4 is 17.4 Å². The number of benzene rings is 1. The van der Waals surface area contributed by atoms with E-state index in [1.54, 1.807) is 7.05 Å². The van der Waals surface area contributed by atoms with Crippen molar-refractivity contribution in [3.05, 3.63) is 56.2 Å². The molecule has 32 heavy (non-hydrogen) atoms. The molecule has 8 heteroatoms. The second-order valence-corrected chi connectivity index (χ2v) is 9.06. The molecule has 2 fully saturated rings. The number of hydrogen-bond acceptors (Lipinski definition) is 5. The zero-order valence-electron chi connectivity index (χ0n) is 19.5. The van der Waals surface area contributed by atoms with Crippen LogP contribution in [-0.4, -0.2) is 59.2 Å². The number of piperazine rings is 1. The van der Waals surface area contributed by atoms with Crippen molar-refractivity contribution in [2.45, 2.75) is 26.7 Å². The van der Waals surface area contributed by atoms with Gasteiger partial charge in [0.2, 0.25) is 5.91 Å². The second kappa shape index (κ2) is 8.84. The van der Waals surface area contributed by atoms with Crippen LogP contribution in [0.1, 0.15) is 24.0 Å². The first-order chi connectivity index (χ1) is 15.3. The molecule has 0 bridgehead atoms. The largest absolute Gasteiger partial charge is 0.368 e. The van der Waals surface area contributed by atoms with Crippen molar-refractivity contribution in [1.82, 2.24) is 14.0 Å². The summed E-state index contributed by atoms with van der Waals surface area (Å²) < 4.78 is 2.60. The first kappa shape index (κ1) is 22.2. The second-order valence-electron chi connectivity index (χ2n) is 9.06. The van der Waals surface area contributed by atoms with E-state index in [9.17, 15) is 14.4 Å². The number of aromatic nitrogens is 2. The van der Waals surface area contributed by atoms with Gasteiger partial charge in [0, 0.05) is 65.1 Å². The van der Waals surface area contributed by atoms with Crippen molar-refractivity contribution < 1.29 is 4.79 Å². The molecule has 0 radical (unpaired) electrons. The fraction of sp³-hybridized carbons (Fsp3) is 0.542. The molecule has 2 aromatic rings. The molecule has 1 unspecified atom stereocenters. The lowest BCUT2D eigenvalue weighted by Crippen LogP contribution is -2.53. The minimum Gasteiger partial charge on any atom is -0.368 e. The highest BCUT2D eigenvalue weighted by Gasteiger charge is 2.32. The van der Waals surface area contributed by atoms with Crippen LogP contribution in [0.15, 0.2) is 33.9 Å². The number of hydrogen-bond donors (Lipinski definition) is 0. The van der Waals surface area contributed by atoms with Crippen LogP contribution in [-0.2, 0) is 18.9 Å². The summed E-state index contributed by atoms with van der Waals surface area (Å²) in [5.74, 6) is 0.662. The number of carbonyl (C=O) groups excluding carboxylic acids is 1. The molecule has 172 valence electrons. The molecule has 8 nitrogen and oxygen atoms in total. The highest BCUT2D eigenvalue weighted by molar-refractivity contribution is 5.80. The first-order valence-electron chi connectivity index (χ1n) is 11.4. The summed E-state index contributed by atoms with van der Waals surface area (Å²) >= 11 is 0. The van der Waals surface area contributed by atoms with Gasteiger partial charge in [-0.25, -0.2) is 4.79 Å². The summed E-state index contributed by atoms with van der Waals surface area (Å²) in [5, 5.41) is 0. The third-order valence-electron chi connectivity index (χ3n) is 7.10. The molecule has 2 aliphatic heterocycles. The molecule has 0 saturated carbocycles. The summed E-state index contributed by atoms with van der Waals surface area (Å²) in [6, 6.07) is 7.88.